The predicted octanol–water partition coefficient (Wildman–Crippen LogP) is 4.19. The van der Waals surface area contributed by atoms with Crippen LogP contribution in [0.3, 0.4) is 0 Å². The standard InChI is InChI=1S/C11H15F7O2/c1-3-7(2)8(19)20-5-4-9(12,13)6-10(14,15)11(16,17)18/h7H,3-6H2,1-2H3. The number of rotatable bonds is 7. The van der Waals surface area contributed by atoms with Crippen LogP contribution in [-0.4, -0.2) is 30.6 Å². The topological polar surface area (TPSA) is 26.3 Å². The van der Waals surface area contributed by atoms with Gasteiger partial charge in [-0.05, 0) is 6.42 Å². The molecule has 0 saturated heterocycles. The van der Waals surface area contributed by atoms with Crippen LogP contribution < -0.4 is 0 Å². The first-order valence-corrected chi connectivity index (χ1v) is 5.81. The van der Waals surface area contributed by atoms with Crippen LogP contribution in [0.5, 0.6) is 0 Å². The molecular formula is C11H15F7O2. The molecule has 0 aromatic carbocycles. The Morgan fingerprint density at radius 3 is 2.00 bits per heavy atom. The van der Waals surface area contributed by atoms with Crippen molar-refractivity contribution in [2.24, 2.45) is 5.92 Å². The van der Waals surface area contributed by atoms with Gasteiger partial charge in [0.05, 0.1) is 18.9 Å². The van der Waals surface area contributed by atoms with Crippen LogP contribution in [0.1, 0.15) is 33.1 Å². The summed E-state index contributed by atoms with van der Waals surface area (Å²) < 4.78 is 90.8. The third-order valence-electron chi connectivity index (χ3n) is 2.62. The highest BCUT2D eigenvalue weighted by molar-refractivity contribution is 5.71. The Bertz CT molecular complexity index is 325. The van der Waals surface area contributed by atoms with Crippen molar-refractivity contribution < 1.29 is 40.3 Å². The van der Waals surface area contributed by atoms with Crippen LogP contribution in [0.4, 0.5) is 30.7 Å². The third kappa shape index (κ3) is 5.96. The predicted molar refractivity (Wildman–Crippen MR) is 55.6 cm³/mol. The van der Waals surface area contributed by atoms with Gasteiger partial charge in [-0.25, -0.2) is 8.78 Å². The first kappa shape index (κ1) is 19.0. The van der Waals surface area contributed by atoms with E-state index in [0.29, 0.717) is 6.42 Å². The van der Waals surface area contributed by atoms with Gasteiger partial charge in [-0.15, -0.1) is 0 Å². The lowest BCUT2D eigenvalue weighted by Crippen LogP contribution is -2.42. The van der Waals surface area contributed by atoms with Gasteiger partial charge >= 0.3 is 18.1 Å². The highest BCUT2D eigenvalue weighted by atomic mass is 19.4. The van der Waals surface area contributed by atoms with E-state index in [2.05, 4.69) is 4.74 Å². The lowest BCUT2D eigenvalue weighted by atomic mass is 10.1. The fourth-order valence-corrected chi connectivity index (χ4v) is 1.12. The number of esters is 1. The molecule has 0 N–H and O–H groups in total. The number of hydrogen-bond donors (Lipinski definition) is 0. The maximum absolute atomic E-state index is 13.0. The molecule has 0 aliphatic rings. The summed E-state index contributed by atoms with van der Waals surface area (Å²) in [5, 5.41) is 0. The quantitative estimate of drug-likeness (QED) is 0.520. The van der Waals surface area contributed by atoms with Crippen molar-refractivity contribution >= 4 is 5.97 Å². The van der Waals surface area contributed by atoms with Gasteiger partial charge < -0.3 is 4.74 Å². The highest BCUT2D eigenvalue weighted by Crippen LogP contribution is 2.43. The number of carbonyl (C=O) groups excluding carboxylic acids is 1. The Morgan fingerprint density at radius 2 is 1.60 bits per heavy atom. The molecule has 0 rings (SSSR count). The van der Waals surface area contributed by atoms with Gasteiger partial charge in [-0.2, -0.15) is 22.0 Å². The molecule has 0 aliphatic carbocycles. The maximum atomic E-state index is 13.0. The summed E-state index contributed by atoms with van der Waals surface area (Å²) in [4.78, 5) is 11.1. The molecule has 20 heavy (non-hydrogen) atoms. The summed E-state index contributed by atoms with van der Waals surface area (Å²) in [6.45, 7) is 2.20. The third-order valence-corrected chi connectivity index (χ3v) is 2.62. The van der Waals surface area contributed by atoms with Crippen molar-refractivity contribution in [1.82, 2.24) is 0 Å². The average Bonchev–Trinajstić information content (AvgIpc) is 2.24. The van der Waals surface area contributed by atoms with Crippen molar-refractivity contribution in [1.29, 1.82) is 0 Å². The fraction of sp³-hybridized carbons (Fsp3) is 0.909. The van der Waals surface area contributed by atoms with Crippen molar-refractivity contribution in [2.45, 2.75) is 51.1 Å². The second kappa shape index (κ2) is 6.62. The zero-order valence-corrected chi connectivity index (χ0v) is 10.9. The summed E-state index contributed by atoms with van der Waals surface area (Å²) in [6, 6.07) is 0. The molecule has 1 unspecified atom stereocenters. The molecule has 0 spiro atoms. The maximum Gasteiger partial charge on any atom is 0.453 e. The molecule has 0 aliphatic heterocycles. The lowest BCUT2D eigenvalue weighted by molar-refractivity contribution is -0.301. The van der Waals surface area contributed by atoms with Gasteiger partial charge in [0.2, 0.25) is 0 Å². The summed E-state index contributed by atoms with van der Waals surface area (Å²) in [7, 11) is 0. The SMILES string of the molecule is CCC(C)C(=O)OCCC(F)(F)CC(F)(F)C(F)(F)F. The van der Waals surface area contributed by atoms with E-state index in [9.17, 15) is 35.5 Å². The van der Waals surface area contributed by atoms with E-state index in [0.717, 1.165) is 0 Å². The molecule has 0 saturated carbocycles. The van der Waals surface area contributed by atoms with Crippen LogP contribution in [0.2, 0.25) is 0 Å². The highest BCUT2D eigenvalue weighted by Gasteiger charge is 2.61. The van der Waals surface area contributed by atoms with E-state index in [4.69, 9.17) is 0 Å². The summed E-state index contributed by atoms with van der Waals surface area (Å²) >= 11 is 0. The van der Waals surface area contributed by atoms with Crippen LogP contribution >= 0.6 is 0 Å². The van der Waals surface area contributed by atoms with Crippen LogP contribution in [0, 0.1) is 5.92 Å². The Kier molecular flexibility index (Phi) is 6.28. The average molecular weight is 312 g/mol. The minimum atomic E-state index is -6.04. The van der Waals surface area contributed by atoms with Crippen molar-refractivity contribution in [3.05, 3.63) is 0 Å². The second-order valence-electron chi connectivity index (χ2n) is 4.46. The van der Waals surface area contributed by atoms with E-state index >= 15 is 0 Å². The van der Waals surface area contributed by atoms with Gasteiger partial charge in [0.15, 0.2) is 0 Å². The molecule has 0 bridgehead atoms. The zero-order valence-electron chi connectivity index (χ0n) is 10.9. The van der Waals surface area contributed by atoms with E-state index in [1.807, 2.05) is 0 Å². The van der Waals surface area contributed by atoms with Crippen molar-refractivity contribution in [3.8, 4) is 0 Å². The van der Waals surface area contributed by atoms with E-state index in [1.54, 1.807) is 6.92 Å². The summed E-state index contributed by atoms with van der Waals surface area (Å²) in [6.07, 6.45) is -9.70. The summed E-state index contributed by atoms with van der Waals surface area (Å²) in [5.41, 5.74) is 0. The summed E-state index contributed by atoms with van der Waals surface area (Å²) in [5.74, 6) is -11.1. The number of hydrogen-bond acceptors (Lipinski definition) is 2. The van der Waals surface area contributed by atoms with Crippen molar-refractivity contribution in [3.63, 3.8) is 0 Å². The van der Waals surface area contributed by atoms with Crippen LogP contribution in [-0.2, 0) is 9.53 Å². The normalized spacial score (nSPS) is 15.1. The number of halogens is 7. The Labute approximate surface area is 111 Å². The number of alkyl halides is 7. The van der Waals surface area contributed by atoms with Crippen LogP contribution in [0.15, 0.2) is 0 Å². The van der Waals surface area contributed by atoms with Gasteiger partial charge in [-0.1, -0.05) is 13.8 Å². The molecule has 120 valence electrons. The fourth-order valence-electron chi connectivity index (χ4n) is 1.12. The minimum absolute atomic E-state index is 0.390. The number of ether oxygens (including phenoxy) is 1. The van der Waals surface area contributed by atoms with Crippen LogP contribution in [0.25, 0.3) is 0 Å². The van der Waals surface area contributed by atoms with Gasteiger partial charge in [0.1, 0.15) is 0 Å². The molecule has 0 aromatic heterocycles. The molecule has 0 aromatic rings. The molecular weight excluding hydrogens is 297 g/mol. The molecule has 2 nitrogen and oxygen atoms in total. The lowest BCUT2D eigenvalue weighted by Gasteiger charge is -2.24. The molecule has 0 fully saturated rings. The largest absolute Gasteiger partial charge is 0.465 e. The van der Waals surface area contributed by atoms with E-state index in [1.165, 1.54) is 6.92 Å². The first-order valence-electron chi connectivity index (χ1n) is 5.81. The molecule has 0 heterocycles. The van der Waals surface area contributed by atoms with Gasteiger partial charge in [0.25, 0.3) is 5.92 Å². The minimum Gasteiger partial charge on any atom is -0.465 e. The molecule has 0 radical (unpaired) electrons. The first-order chi connectivity index (χ1) is 8.82. The number of carbonyl (C=O) groups is 1. The molecule has 0 amide bonds. The second-order valence-corrected chi connectivity index (χ2v) is 4.46. The molecule has 1 atom stereocenters. The van der Waals surface area contributed by atoms with Crippen molar-refractivity contribution in [2.75, 3.05) is 6.61 Å². The van der Waals surface area contributed by atoms with Gasteiger partial charge in [0, 0.05) is 6.42 Å². The Morgan fingerprint density at radius 1 is 1.10 bits per heavy atom. The monoisotopic (exact) mass is 312 g/mol. The smallest absolute Gasteiger partial charge is 0.453 e. The van der Waals surface area contributed by atoms with E-state index in [-0.39, 0.29) is 0 Å². The van der Waals surface area contributed by atoms with E-state index < -0.39 is 49.4 Å². The Balaban J connectivity index is 4.37. The molecule has 9 heteroatoms. The van der Waals surface area contributed by atoms with Gasteiger partial charge in [-0.3, -0.25) is 4.79 Å². The zero-order chi connectivity index (χ0) is 16.2. The Hall–Kier alpha value is -1.02.